The highest BCUT2D eigenvalue weighted by Gasteiger charge is 2.24. The molecule has 0 amide bonds. The summed E-state index contributed by atoms with van der Waals surface area (Å²) in [5, 5.41) is 0. The number of halogens is 2. The van der Waals surface area contributed by atoms with Crippen molar-refractivity contribution >= 4 is 5.97 Å². The van der Waals surface area contributed by atoms with E-state index in [4.69, 9.17) is 4.74 Å². The molecule has 0 bridgehead atoms. The van der Waals surface area contributed by atoms with Gasteiger partial charge in [-0.05, 0) is 25.1 Å². The van der Waals surface area contributed by atoms with Crippen molar-refractivity contribution in [1.29, 1.82) is 0 Å². The first kappa shape index (κ1) is 15.0. The molecule has 3 nitrogen and oxygen atoms in total. The molecule has 5 heteroatoms. The van der Waals surface area contributed by atoms with Crippen LogP contribution >= 0.6 is 0 Å². The van der Waals surface area contributed by atoms with Gasteiger partial charge in [0.15, 0.2) is 17.4 Å². The molecule has 0 saturated carbocycles. The third kappa shape index (κ3) is 3.18. The van der Waals surface area contributed by atoms with E-state index in [2.05, 4.69) is 4.74 Å². The summed E-state index contributed by atoms with van der Waals surface area (Å²) >= 11 is 0. The minimum absolute atomic E-state index is 0.0224. The van der Waals surface area contributed by atoms with E-state index in [9.17, 15) is 13.6 Å². The van der Waals surface area contributed by atoms with Crippen molar-refractivity contribution in [2.75, 3.05) is 7.11 Å². The number of benzene rings is 2. The molecular weight excluding hydrogens is 278 g/mol. The lowest BCUT2D eigenvalue weighted by atomic mass is 10.00. The normalized spacial score (nSPS) is 11.8. The van der Waals surface area contributed by atoms with Gasteiger partial charge in [0, 0.05) is 5.56 Å². The molecule has 0 aliphatic heterocycles. The minimum Gasteiger partial charge on any atom is -0.469 e. The summed E-state index contributed by atoms with van der Waals surface area (Å²) in [6.07, 6.45) is 0. The summed E-state index contributed by atoms with van der Waals surface area (Å²) in [6.45, 7) is 1.48. The fraction of sp³-hybridized carbons (Fsp3) is 0.188. The molecule has 0 radical (unpaired) electrons. The molecule has 0 saturated heterocycles. The van der Waals surface area contributed by atoms with Crippen LogP contribution in [0.5, 0.6) is 11.5 Å². The molecule has 1 unspecified atom stereocenters. The maximum absolute atomic E-state index is 14.4. The van der Waals surface area contributed by atoms with Gasteiger partial charge in [0.25, 0.3) is 0 Å². The molecule has 21 heavy (non-hydrogen) atoms. The predicted octanol–water partition coefficient (Wildman–Crippen LogP) is 4.03. The first-order valence-corrected chi connectivity index (χ1v) is 6.33. The number of methoxy groups -OCH3 is 1. The van der Waals surface area contributed by atoms with Crippen molar-refractivity contribution in [1.82, 2.24) is 0 Å². The second-order valence-corrected chi connectivity index (χ2v) is 4.44. The Morgan fingerprint density at radius 2 is 1.76 bits per heavy atom. The smallest absolute Gasteiger partial charge is 0.312 e. The zero-order chi connectivity index (χ0) is 15.4. The molecule has 2 aromatic rings. The largest absolute Gasteiger partial charge is 0.469 e. The maximum atomic E-state index is 14.4. The number of carbonyl (C=O) groups is 1. The number of ether oxygens (including phenoxy) is 2. The van der Waals surface area contributed by atoms with Crippen LogP contribution < -0.4 is 4.74 Å². The van der Waals surface area contributed by atoms with E-state index in [0.717, 1.165) is 6.07 Å². The number of hydrogen-bond donors (Lipinski definition) is 0. The highest BCUT2D eigenvalue weighted by Crippen LogP contribution is 2.32. The quantitative estimate of drug-likeness (QED) is 0.798. The van der Waals surface area contributed by atoms with Crippen LogP contribution in [0.3, 0.4) is 0 Å². The Labute approximate surface area is 121 Å². The van der Waals surface area contributed by atoms with Crippen LogP contribution in [0, 0.1) is 11.6 Å². The Balaban J connectivity index is 2.40. The van der Waals surface area contributed by atoms with Gasteiger partial charge in [0.2, 0.25) is 0 Å². The highest BCUT2D eigenvalue weighted by molar-refractivity contribution is 5.77. The van der Waals surface area contributed by atoms with Crippen molar-refractivity contribution in [3.63, 3.8) is 0 Å². The third-order valence-corrected chi connectivity index (χ3v) is 3.06. The lowest BCUT2D eigenvalue weighted by Gasteiger charge is -2.14. The summed E-state index contributed by atoms with van der Waals surface area (Å²) in [5.41, 5.74) is 0.0224. The molecule has 0 N–H and O–H groups in total. The number of para-hydroxylation sites is 1. The monoisotopic (exact) mass is 292 g/mol. The average Bonchev–Trinajstić information content (AvgIpc) is 2.51. The first-order valence-electron chi connectivity index (χ1n) is 6.33. The van der Waals surface area contributed by atoms with Crippen LogP contribution in [-0.4, -0.2) is 13.1 Å². The average molecular weight is 292 g/mol. The molecular formula is C16H14F2O3. The van der Waals surface area contributed by atoms with Crippen molar-refractivity contribution in [2.24, 2.45) is 0 Å². The second kappa shape index (κ2) is 6.35. The Hall–Kier alpha value is -2.43. The zero-order valence-corrected chi connectivity index (χ0v) is 11.6. The summed E-state index contributed by atoms with van der Waals surface area (Å²) in [4.78, 5) is 11.5. The van der Waals surface area contributed by atoms with E-state index >= 15 is 0 Å². The van der Waals surface area contributed by atoms with Gasteiger partial charge in [-0.25, -0.2) is 8.78 Å². The van der Waals surface area contributed by atoms with Gasteiger partial charge < -0.3 is 9.47 Å². The summed E-state index contributed by atoms with van der Waals surface area (Å²) in [6, 6.07) is 10.6. The molecule has 1 atom stereocenters. The molecule has 0 aromatic heterocycles. The van der Waals surface area contributed by atoms with E-state index in [1.165, 1.54) is 20.1 Å². The van der Waals surface area contributed by atoms with Gasteiger partial charge >= 0.3 is 5.97 Å². The summed E-state index contributed by atoms with van der Waals surface area (Å²) < 4.78 is 38.0. The Morgan fingerprint density at radius 3 is 2.38 bits per heavy atom. The molecule has 110 valence electrons. The lowest BCUT2D eigenvalue weighted by molar-refractivity contribution is -0.142. The van der Waals surface area contributed by atoms with Crippen molar-refractivity contribution in [2.45, 2.75) is 12.8 Å². The van der Waals surface area contributed by atoms with Crippen LogP contribution in [0.1, 0.15) is 18.4 Å². The van der Waals surface area contributed by atoms with Gasteiger partial charge in [0.1, 0.15) is 5.75 Å². The number of carbonyl (C=O) groups excluding carboxylic acids is 1. The van der Waals surface area contributed by atoms with Gasteiger partial charge in [-0.1, -0.05) is 24.3 Å². The molecule has 0 aliphatic carbocycles. The summed E-state index contributed by atoms with van der Waals surface area (Å²) in [7, 11) is 1.21. The third-order valence-electron chi connectivity index (χ3n) is 3.06. The molecule has 2 aromatic carbocycles. The molecule has 0 heterocycles. The summed E-state index contributed by atoms with van der Waals surface area (Å²) in [5.74, 6) is -3.43. The fourth-order valence-electron chi connectivity index (χ4n) is 1.89. The van der Waals surface area contributed by atoms with Crippen LogP contribution in [0.15, 0.2) is 42.5 Å². The van der Waals surface area contributed by atoms with Crippen LogP contribution in [-0.2, 0) is 9.53 Å². The Kier molecular flexibility index (Phi) is 4.52. The fourth-order valence-corrected chi connectivity index (χ4v) is 1.89. The van der Waals surface area contributed by atoms with Gasteiger partial charge in [-0.15, -0.1) is 0 Å². The second-order valence-electron chi connectivity index (χ2n) is 4.44. The van der Waals surface area contributed by atoms with Crippen molar-refractivity contribution in [3.05, 3.63) is 59.7 Å². The highest BCUT2D eigenvalue weighted by atomic mass is 19.1. The lowest BCUT2D eigenvalue weighted by Crippen LogP contribution is -2.13. The molecule has 0 spiro atoms. The number of rotatable bonds is 4. The van der Waals surface area contributed by atoms with Gasteiger partial charge in [0.05, 0.1) is 13.0 Å². The molecule has 2 rings (SSSR count). The van der Waals surface area contributed by atoms with E-state index in [1.54, 1.807) is 30.3 Å². The SMILES string of the molecule is COC(=O)C(C)c1ccc(F)c(Oc2ccccc2)c1F. The predicted molar refractivity (Wildman–Crippen MR) is 73.3 cm³/mol. The molecule has 0 fully saturated rings. The van der Waals surface area contributed by atoms with Crippen molar-refractivity contribution in [3.8, 4) is 11.5 Å². The number of esters is 1. The van der Waals surface area contributed by atoms with E-state index in [-0.39, 0.29) is 5.56 Å². The Bertz CT molecular complexity index is 641. The Morgan fingerprint density at radius 1 is 1.10 bits per heavy atom. The minimum atomic E-state index is -0.906. The van der Waals surface area contributed by atoms with E-state index in [1.807, 2.05) is 0 Å². The number of hydrogen-bond acceptors (Lipinski definition) is 3. The van der Waals surface area contributed by atoms with Crippen LogP contribution in [0.2, 0.25) is 0 Å². The van der Waals surface area contributed by atoms with Gasteiger partial charge in [-0.2, -0.15) is 0 Å². The molecule has 0 aliphatic rings. The van der Waals surface area contributed by atoms with Crippen molar-refractivity contribution < 1.29 is 23.0 Å². The zero-order valence-electron chi connectivity index (χ0n) is 11.6. The van der Waals surface area contributed by atoms with E-state index < -0.39 is 29.3 Å². The standard InChI is InChI=1S/C16H14F2O3/c1-10(16(19)20-2)12-8-9-13(17)15(14(12)18)21-11-6-4-3-5-7-11/h3-10H,1-2H3. The van der Waals surface area contributed by atoms with E-state index in [0.29, 0.717) is 5.75 Å². The maximum Gasteiger partial charge on any atom is 0.312 e. The first-order chi connectivity index (χ1) is 10.0. The van der Waals surface area contributed by atoms with Crippen LogP contribution in [0.4, 0.5) is 8.78 Å². The van der Waals surface area contributed by atoms with Crippen LogP contribution in [0.25, 0.3) is 0 Å². The van der Waals surface area contributed by atoms with Gasteiger partial charge in [-0.3, -0.25) is 4.79 Å². The topological polar surface area (TPSA) is 35.5 Å².